The molecule has 0 aromatic carbocycles. The highest BCUT2D eigenvalue weighted by Gasteiger charge is 2.26. The fourth-order valence-corrected chi connectivity index (χ4v) is 3.85. The van der Waals surface area contributed by atoms with E-state index in [9.17, 15) is 4.79 Å². The number of alkyl carbamates (subject to hydrolysis) is 1. The molecule has 5 nitrogen and oxygen atoms in total. The number of hydrogen-bond acceptors (Lipinski definition) is 5. The summed E-state index contributed by atoms with van der Waals surface area (Å²) >= 11 is 1.71. The Morgan fingerprint density at radius 3 is 2.43 bits per heavy atom. The molecule has 1 fully saturated rings. The van der Waals surface area contributed by atoms with E-state index in [1.165, 1.54) is 4.88 Å². The molecular formula is C17H29N3O2S. The molecule has 2 N–H and O–H groups in total. The van der Waals surface area contributed by atoms with Gasteiger partial charge in [-0.25, -0.2) is 9.78 Å². The molecule has 1 aromatic rings. The van der Waals surface area contributed by atoms with Crippen LogP contribution in [0.4, 0.5) is 4.79 Å². The molecule has 23 heavy (non-hydrogen) atoms. The van der Waals surface area contributed by atoms with E-state index in [1.807, 2.05) is 26.3 Å². The fourth-order valence-electron chi connectivity index (χ4n) is 3.03. The third-order valence-corrected chi connectivity index (χ3v) is 5.22. The predicted octanol–water partition coefficient (Wildman–Crippen LogP) is 3.94. The molecule has 1 saturated carbocycles. The van der Waals surface area contributed by atoms with Gasteiger partial charge in [-0.15, -0.1) is 11.3 Å². The van der Waals surface area contributed by atoms with Gasteiger partial charge in [-0.05, 0) is 60.3 Å². The van der Waals surface area contributed by atoms with E-state index in [4.69, 9.17) is 4.74 Å². The summed E-state index contributed by atoms with van der Waals surface area (Å²) in [4.78, 5) is 17.5. The van der Waals surface area contributed by atoms with Crippen molar-refractivity contribution >= 4 is 17.4 Å². The number of aryl methyl sites for hydroxylation is 1. The average Bonchev–Trinajstić information content (AvgIpc) is 2.85. The largest absolute Gasteiger partial charge is 0.444 e. The molecule has 0 aliphatic heterocycles. The first-order valence-corrected chi connectivity index (χ1v) is 9.28. The summed E-state index contributed by atoms with van der Waals surface area (Å²) in [6.45, 7) is 9.92. The van der Waals surface area contributed by atoms with E-state index in [0.717, 1.165) is 31.4 Å². The lowest BCUT2D eigenvalue weighted by Gasteiger charge is -2.32. The van der Waals surface area contributed by atoms with Crippen LogP contribution < -0.4 is 10.6 Å². The topological polar surface area (TPSA) is 63.2 Å². The summed E-state index contributed by atoms with van der Waals surface area (Å²) in [6, 6.07) is 1.06. The van der Waals surface area contributed by atoms with Crippen molar-refractivity contribution in [2.75, 3.05) is 0 Å². The SMILES string of the molecule is Cc1ncsc1[C@@H](C)NC1CCC(NC(=O)OC(C)(C)C)CC1. The molecule has 0 spiro atoms. The van der Waals surface area contributed by atoms with Crippen LogP contribution in [0, 0.1) is 6.92 Å². The van der Waals surface area contributed by atoms with Crippen molar-refractivity contribution in [3.63, 3.8) is 0 Å². The molecule has 0 bridgehead atoms. The standard InChI is InChI=1S/C17H29N3O2S/c1-11-15(23-10-18-11)12(2)19-13-6-8-14(9-7-13)20-16(21)22-17(3,4)5/h10,12-14,19H,6-9H2,1-5H3,(H,20,21)/t12-,13?,14?/m1/s1. The van der Waals surface area contributed by atoms with Crippen molar-refractivity contribution in [3.8, 4) is 0 Å². The first-order valence-electron chi connectivity index (χ1n) is 8.40. The summed E-state index contributed by atoms with van der Waals surface area (Å²) in [5, 5.41) is 6.69. The van der Waals surface area contributed by atoms with Crippen LogP contribution in [-0.4, -0.2) is 28.8 Å². The quantitative estimate of drug-likeness (QED) is 0.872. The zero-order valence-electron chi connectivity index (χ0n) is 14.8. The van der Waals surface area contributed by atoms with Crippen molar-refractivity contribution in [3.05, 3.63) is 16.1 Å². The Morgan fingerprint density at radius 2 is 1.91 bits per heavy atom. The van der Waals surface area contributed by atoms with Crippen LogP contribution in [0.2, 0.25) is 0 Å². The normalized spacial score (nSPS) is 23.3. The zero-order chi connectivity index (χ0) is 17.0. The third-order valence-electron chi connectivity index (χ3n) is 4.11. The number of carbonyl (C=O) groups is 1. The van der Waals surface area contributed by atoms with Crippen molar-refractivity contribution in [2.24, 2.45) is 0 Å². The maximum atomic E-state index is 11.8. The number of thiazole rings is 1. The number of nitrogens with zero attached hydrogens (tertiary/aromatic N) is 1. The van der Waals surface area contributed by atoms with Crippen molar-refractivity contribution in [1.29, 1.82) is 0 Å². The Labute approximate surface area is 143 Å². The highest BCUT2D eigenvalue weighted by atomic mass is 32.1. The second-order valence-electron chi connectivity index (χ2n) is 7.39. The summed E-state index contributed by atoms with van der Waals surface area (Å²) in [7, 11) is 0. The monoisotopic (exact) mass is 339 g/mol. The number of nitrogens with one attached hydrogen (secondary N) is 2. The van der Waals surface area contributed by atoms with Crippen LogP contribution in [0.5, 0.6) is 0 Å². The van der Waals surface area contributed by atoms with E-state index in [0.29, 0.717) is 12.1 Å². The minimum Gasteiger partial charge on any atom is -0.444 e. The molecular weight excluding hydrogens is 310 g/mol. The van der Waals surface area contributed by atoms with E-state index in [-0.39, 0.29) is 12.1 Å². The second-order valence-corrected chi connectivity index (χ2v) is 8.27. The van der Waals surface area contributed by atoms with Crippen LogP contribution in [0.15, 0.2) is 5.51 Å². The van der Waals surface area contributed by atoms with Crippen LogP contribution in [0.3, 0.4) is 0 Å². The molecule has 0 saturated heterocycles. The van der Waals surface area contributed by atoms with Gasteiger partial charge in [-0.1, -0.05) is 0 Å². The van der Waals surface area contributed by atoms with E-state index < -0.39 is 5.60 Å². The zero-order valence-corrected chi connectivity index (χ0v) is 15.6. The van der Waals surface area contributed by atoms with Gasteiger partial charge in [-0.2, -0.15) is 0 Å². The number of amides is 1. The Hall–Kier alpha value is -1.14. The van der Waals surface area contributed by atoms with Gasteiger partial charge >= 0.3 is 6.09 Å². The maximum absolute atomic E-state index is 11.8. The Balaban J connectivity index is 1.74. The minimum atomic E-state index is -0.440. The van der Waals surface area contributed by atoms with Crippen LogP contribution in [0.1, 0.15) is 70.0 Å². The molecule has 130 valence electrons. The average molecular weight is 340 g/mol. The molecule has 1 aliphatic carbocycles. The number of aromatic nitrogens is 1. The molecule has 0 radical (unpaired) electrons. The van der Waals surface area contributed by atoms with Gasteiger partial charge in [0.05, 0.1) is 11.2 Å². The summed E-state index contributed by atoms with van der Waals surface area (Å²) in [5.41, 5.74) is 2.59. The molecule has 1 amide bonds. The van der Waals surface area contributed by atoms with Crippen LogP contribution in [-0.2, 0) is 4.74 Å². The highest BCUT2D eigenvalue weighted by molar-refractivity contribution is 7.09. The maximum Gasteiger partial charge on any atom is 0.407 e. The molecule has 1 atom stereocenters. The van der Waals surface area contributed by atoms with Gasteiger partial charge in [0.1, 0.15) is 5.60 Å². The Bertz CT molecular complexity index is 516. The smallest absolute Gasteiger partial charge is 0.407 e. The molecule has 6 heteroatoms. The van der Waals surface area contributed by atoms with Crippen LogP contribution >= 0.6 is 11.3 Å². The van der Waals surface area contributed by atoms with Gasteiger partial charge < -0.3 is 15.4 Å². The second kappa shape index (κ2) is 7.62. The van der Waals surface area contributed by atoms with E-state index in [2.05, 4.69) is 29.5 Å². The van der Waals surface area contributed by atoms with Crippen molar-refractivity contribution in [1.82, 2.24) is 15.6 Å². The highest BCUT2D eigenvalue weighted by Crippen LogP contribution is 2.25. The fraction of sp³-hybridized carbons (Fsp3) is 0.765. The van der Waals surface area contributed by atoms with Gasteiger partial charge in [0, 0.05) is 23.0 Å². The first kappa shape index (κ1) is 18.2. The predicted molar refractivity (Wildman–Crippen MR) is 93.8 cm³/mol. The van der Waals surface area contributed by atoms with Gasteiger partial charge in [-0.3, -0.25) is 0 Å². The Kier molecular flexibility index (Phi) is 6.03. The summed E-state index contributed by atoms with van der Waals surface area (Å²) in [6.07, 6.45) is 3.82. The van der Waals surface area contributed by atoms with Gasteiger partial charge in [0.25, 0.3) is 0 Å². The van der Waals surface area contributed by atoms with Crippen molar-refractivity contribution in [2.45, 2.75) is 84.0 Å². The third kappa shape index (κ3) is 5.77. The minimum absolute atomic E-state index is 0.225. The molecule has 1 heterocycles. The molecule has 2 rings (SSSR count). The summed E-state index contributed by atoms with van der Waals surface area (Å²) in [5.74, 6) is 0. The molecule has 1 aromatic heterocycles. The lowest BCUT2D eigenvalue weighted by molar-refractivity contribution is 0.0489. The first-order chi connectivity index (χ1) is 10.7. The number of ether oxygens (including phenoxy) is 1. The number of rotatable bonds is 4. The summed E-state index contributed by atoms with van der Waals surface area (Å²) < 4.78 is 5.32. The molecule has 1 aliphatic rings. The lowest BCUT2D eigenvalue weighted by atomic mass is 9.90. The van der Waals surface area contributed by atoms with Crippen LogP contribution in [0.25, 0.3) is 0 Å². The van der Waals surface area contributed by atoms with E-state index in [1.54, 1.807) is 11.3 Å². The molecule has 0 unspecified atom stereocenters. The van der Waals surface area contributed by atoms with E-state index >= 15 is 0 Å². The van der Waals surface area contributed by atoms with Gasteiger partial charge in [0.2, 0.25) is 0 Å². The van der Waals surface area contributed by atoms with Gasteiger partial charge in [0.15, 0.2) is 0 Å². The van der Waals surface area contributed by atoms with Crippen molar-refractivity contribution < 1.29 is 9.53 Å². The number of hydrogen-bond donors (Lipinski definition) is 2. The Morgan fingerprint density at radius 1 is 1.30 bits per heavy atom. The lowest BCUT2D eigenvalue weighted by Crippen LogP contribution is -2.44. The number of carbonyl (C=O) groups excluding carboxylic acids is 1.